The van der Waals surface area contributed by atoms with Crippen LogP contribution in [0.5, 0.6) is 0 Å². The second-order valence-corrected chi connectivity index (χ2v) is 10.7. The van der Waals surface area contributed by atoms with Crippen molar-refractivity contribution < 1.29 is 65.8 Å². The van der Waals surface area contributed by atoms with Gasteiger partial charge in [-0.15, -0.1) is 0 Å². The van der Waals surface area contributed by atoms with Crippen LogP contribution in [0.3, 0.4) is 0 Å². The van der Waals surface area contributed by atoms with Crippen molar-refractivity contribution in [3.63, 3.8) is 0 Å². The quantitative estimate of drug-likeness (QED) is 0.188. The minimum Gasteiger partial charge on any atom is -0.384 e. The molecule has 178 valence electrons. The van der Waals surface area contributed by atoms with Gasteiger partial charge >= 0.3 is 29.2 Å². The van der Waals surface area contributed by atoms with Crippen molar-refractivity contribution in [3.8, 4) is 0 Å². The van der Waals surface area contributed by atoms with Crippen molar-refractivity contribution in [2.75, 3.05) is 6.61 Å². The van der Waals surface area contributed by atoms with E-state index in [4.69, 9.17) is 19.4 Å². The Hall–Kier alpha value is -1.10. The molecule has 7 N–H and O–H groups in total. The van der Waals surface area contributed by atoms with E-state index in [1.165, 1.54) is 0 Å². The predicted molar refractivity (Wildman–Crippen MR) is 91.7 cm³/mol. The maximum atomic E-state index is 15.1. The topological polar surface area (TPSA) is 264 Å². The van der Waals surface area contributed by atoms with Crippen molar-refractivity contribution in [2.45, 2.75) is 30.7 Å². The lowest BCUT2D eigenvalue weighted by atomic mass is 9.95. The van der Waals surface area contributed by atoms with Gasteiger partial charge in [-0.1, -0.05) is 0 Å². The molecule has 2 heterocycles. The molecule has 1 aliphatic rings. The van der Waals surface area contributed by atoms with Crippen LogP contribution in [-0.4, -0.2) is 63.5 Å². The largest absolute Gasteiger partial charge is 0.490 e. The van der Waals surface area contributed by atoms with Crippen molar-refractivity contribution in [3.05, 3.63) is 33.1 Å². The molecule has 0 bridgehead atoms. The molecule has 0 aliphatic carbocycles. The molecule has 6 unspecified atom stereocenters. The van der Waals surface area contributed by atoms with E-state index in [2.05, 4.69) is 13.1 Å². The summed E-state index contributed by atoms with van der Waals surface area (Å²) in [5, 5.41) is 20.4. The van der Waals surface area contributed by atoms with E-state index in [0.717, 1.165) is 19.2 Å². The number of aliphatic hydroxyl groups is 2. The van der Waals surface area contributed by atoms with Crippen LogP contribution in [0, 0.1) is 0 Å². The number of ether oxygens (including phenoxy) is 1. The van der Waals surface area contributed by atoms with E-state index >= 15 is 4.39 Å². The van der Waals surface area contributed by atoms with E-state index in [0.29, 0.717) is 4.57 Å². The van der Waals surface area contributed by atoms with E-state index in [-0.39, 0.29) is 0 Å². The molecular weight excluding hydrogens is 500 g/mol. The maximum absolute atomic E-state index is 15.1. The fraction of sp³-hybridized carbons (Fsp3) is 0.600. The molecule has 1 aromatic heterocycles. The fourth-order valence-electron chi connectivity index (χ4n) is 2.48. The smallest absolute Gasteiger partial charge is 0.384 e. The van der Waals surface area contributed by atoms with Crippen molar-refractivity contribution in [1.29, 1.82) is 0 Å². The summed E-state index contributed by atoms with van der Waals surface area (Å²) in [6.07, 6.45) is -3.77. The summed E-state index contributed by atoms with van der Waals surface area (Å²) >= 11 is 0. The number of phosphoric acid groups is 3. The number of alkyl halides is 1. The van der Waals surface area contributed by atoms with Crippen molar-refractivity contribution in [2.24, 2.45) is 0 Å². The lowest BCUT2D eigenvalue weighted by Gasteiger charge is -2.27. The van der Waals surface area contributed by atoms with Gasteiger partial charge in [-0.05, 0) is 6.92 Å². The SMILES string of the molecule is CC1(O)C(n2ccc(=O)[nH]c2=O)OC(F)(COP(=O)(O)OP(=O)(O)OP(=O)(O)O)C1O. The Labute approximate surface area is 170 Å². The highest BCUT2D eigenvalue weighted by Gasteiger charge is 2.64. The van der Waals surface area contributed by atoms with Crippen molar-refractivity contribution >= 4 is 23.5 Å². The van der Waals surface area contributed by atoms with E-state index in [9.17, 15) is 38.4 Å². The number of aromatic amines is 1. The lowest BCUT2D eigenvalue weighted by Crippen LogP contribution is -2.50. The van der Waals surface area contributed by atoms with Gasteiger partial charge in [-0.2, -0.15) is 8.62 Å². The number of phosphoric ester groups is 1. The van der Waals surface area contributed by atoms with Crippen LogP contribution in [0.4, 0.5) is 4.39 Å². The Morgan fingerprint density at radius 3 is 2.29 bits per heavy atom. The number of aromatic nitrogens is 2. The van der Waals surface area contributed by atoms with Gasteiger partial charge in [0.1, 0.15) is 18.3 Å². The first-order valence-corrected chi connectivity index (χ1v) is 12.2. The van der Waals surface area contributed by atoms with Crippen LogP contribution >= 0.6 is 23.5 Å². The second-order valence-electron chi connectivity index (χ2n) is 6.27. The van der Waals surface area contributed by atoms with Gasteiger partial charge in [-0.25, -0.2) is 22.9 Å². The number of H-pyrrole nitrogens is 1. The molecule has 6 atom stereocenters. The third kappa shape index (κ3) is 6.24. The highest BCUT2D eigenvalue weighted by molar-refractivity contribution is 7.66. The number of nitrogens with zero attached hydrogens (tertiary/aromatic N) is 1. The number of aliphatic hydroxyl groups excluding tert-OH is 1. The van der Waals surface area contributed by atoms with Crippen molar-refractivity contribution in [1.82, 2.24) is 9.55 Å². The fourth-order valence-corrected chi connectivity index (χ4v) is 5.51. The molecule has 0 spiro atoms. The molecule has 1 saturated heterocycles. The summed E-state index contributed by atoms with van der Waals surface area (Å²) in [5.74, 6) is -3.53. The zero-order valence-corrected chi connectivity index (χ0v) is 17.7. The molecule has 21 heteroatoms. The van der Waals surface area contributed by atoms with Gasteiger partial charge in [0.2, 0.25) is 0 Å². The first-order valence-electron chi connectivity index (χ1n) is 7.65. The number of hydrogen-bond acceptors (Lipinski definition) is 11. The molecule has 0 amide bonds. The Kier molecular flexibility index (Phi) is 7.05. The summed E-state index contributed by atoms with van der Waals surface area (Å²) in [4.78, 5) is 60.1. The van der Waals surface area contributed by atoms with Crippen LogP contribution in [-0.2, 0) is 31.6 Å². The second kappa shape index (κ2) is 8.35. The van der Waals surface area contributed by atoms with Crippen LogP contribution in [0.15, 0.2) is 21.9 Å². The number of rotatable bonds is 8. The van der Waals surface area contributed by atoms with Gasteiger partial charge < -0.3 is 34.5 Å². The molecule has 0 saturated carbocycles. The first-order chi connectivity index (χ1) is 13.8. The summed E-state index contributed by atoms with van der Waals surface area (Å²) in [7, 11) is -17.3. The average Bonchev–Trinajstić information content (AvgIpc) is 2.71. The van der Waals surface area contributed by atoms with Gasteiger partial charge in [-0.3, -0.25) is 18.9 Å². The molecule has 1 aliphatic heterocycles. The Morgan fingerprint density at radius 1 is 1.19 bits per heavy atom. The summed E-state index contributed by atoms with van der Waals surface area (Å²) in [6, 6.07) is 0.803. The molecule has 0 aromatic carbocycles. The average molecular weight is 516 g/mol. The Morgan fingerprint density at radius 2 is 1.77 bits per heavy atom. The van der Waals surface area contributed by atoms with Crippen LogP contribution in [0.25, 0.3) is 0 Å². The minimum absolute atomic E-state index is 0.483. The van der Waals surface area contributed by atoms with E-state index in [1.54, 1.807) is 4.98 Å². The monoisotopic (exact) mass is 516 g/mol. The molecule has 1 fully saturated rings. The zero-order chi connectivity index (χ0) is 24.0. The summed E-state index contributed by atoms with van der Waals surface area (Å²) in [6.45, 7) is -0.950. The van der Waals surface area contributed by atoms with E-state index in [1.807, 2.05) is 0 Å². The molecule has 1 aromatic rings. The minimum atomic E-state index is -5.89. The molecular formula is C10H16FN2O15P3. The molecule has 2 rings (SSSR count). The van der Waals surface area contributed by atoms with Gasteiger partial charge in [0.05, 0.1) is 0 Å². The number of nitrogens with one attached hydrogen (secondary N) is 1. The van der Waals surface area contributed by atoms with Gasteiger partial charge in [0.25, 0.3) is 11.4 Å². The normalized spacial score (nSPS) is 33.0. The van der Waals surface area contributed by atoms with Gasteiger partial charge in [0, 0.05) is 12.3 Å². The summed E-state index contributed by atoms with van der Waals surface area (Å²) < 4.78 is 64.8. The highest BCUT2D eigenvalue weighted by atomic mass is 31.3. The van der Waals surface area contributed by atoms with Crippen LogP contribution < -0.4 is 11.2 Å². The third-order valence-electron chi connectivity index (χ3n) is 3.71. The third-order valence-corrected chi connectivity index (χ3v) is 7.50. The predicted octanol–water partition coefficient (Wildman–Crippen LogP) is -1.81. The lowest BCUT2D eigenvalue weighted by molar-refractivity contribution is -0.205. The Balaban J connectivity index is 2.22. The first kappa shape index (κ1) is 26.2. The van der Waals surface area contributed by atoms with Crippen LogP contribution in [0.2, 0.25) is 0 Å². The van der Waals surface area contributed by atoms with Crippen LogP contribution in [0.1, 0.15) is 13.2 Å². The highest BCUT2D eigenvalue weighted by Crippen LogP contribution is 2.66. The maximum Gasteiger partial charge on any atom is 0.490 e. The Bertz CT molecular complexity index is 1100. The summed E-state index contributed by atoms with van der Waals surface area (Å²) in [5.41, 5.74) is -4.61. The number of hydrogen-bond donors (Lipinski definition) is 7. The molecule has 31 heavy (non-hydrogen) atoms. The number of halogens is 1. The van der Waals surface area contributed by atoms with Gasteiger partial charge in [0.15, 0.2) is 6.23 Å². The molecule has 17 nitrogen and oxygen atoms in total. The zero-order valence-electron chi connectivity index (χ0n) is 15.0. The molecule has 0 radical (unpaired) electrons. The van der Waals surface area contributed by atoms with E-state index < -0.39 is 65.1 Å². The standard InChI is InChI=1S/C10H16FN2O15P3/c1-9(17)6(15)10(11,26-7(9)13-3-2-5(14)12-8(13)16)4-25-30(21,22)28-31(23,24)27-29(18,19)20/h2-3,6-7,15,17H,4H2,1H3,(H,21,22)(H,23,24)(H,12,14,16)(H2,18,19,20).